The van der Waals surface area contributed by atoms with Crippen molar-refractivity contribution >= 4 is 23.0 Å². The van der Waals surface area contributed by atoms with Crippen LogP contribution in [0.3, 0.4) is 0 Å². The molecule has 138 valence electrons. The minimum absolute atomic E-state index is 0.233. The van der Waals surface area contributed by atoms with Gasteiger partial charge in [0.2, 0.25) is 0 Å². The Morgan fingerprint density at radius 1 is 0.750 bits per heavy atom. The SMILES string of the molecule is Cn1cnc2c(-c3ccc(C(=O)O)cc3)ccc(-c3ccc(C(=O)O)cc3)c21. The standard InChI is InChI=1S/C22H16N2O4/c1-24-12-23-19-17(13-2-6-15(7-3-13)21(25)26)10-11-18(20(19)24)14-4-8-16(9-5-14)22(27)28/h2-12H,1H3,(H,25,26)(H,27,28). The molecule has 0 spiro atoms. The number of fused-ring (bicyclic) bond motifs is 1. The van der Waals surface area contributed by atoms with E-state index in [0.29, 0.717) is 0 Å². The van der Waals surface area contributed by atoms with Crippen LogP contribution in [-0.4, -0.2) is 31.7 Å². The maximum Gasteiger partial charge on any atom is 0.335 e. The highest BCUT2D eigenvalue weighted by molar-refractivity contribution is 6.01. The average Bonchev–Trinajstić information content (AvgIpc) is 3.09. The highest BCUT2D eigenvalue weighted by Gasteiger charge is 2.14. The number of rotatable bonds is 4. The van der Waals surface area contributed by atoms with Gasteiger partial charge in [-0.3, -0.25) is 0 Å². The Bertz CT molecular complexity index is 1210. The summed E-state index contributed by atoms with van der Waals surface area (Å²) in [6.07, 6.45) is 1.73. The third-order valence-corrected chi connectivity index (χ3v) is 4.75. The summed E-state index contributed by atoms with van der Waals surface area (Å²) in [5.41, 5.74) is 5.80. The van der Waals surface area contributed by atoms with E-state index in [2.05, 4.69) is 4.98 Å². The first-order chi connectivity index (χ1) is 13.5. The zero-order valence-electron chi connectivity index (χ0n) is 15.0. The summed E-state index contributed by atoms with van der Waals surface area (Å²) >= 11 is 0. The van der Waals surface area contributed by atoms with Crippen LogP contribution < -0.4 is 0 Å². The Labute approximate surface area is 160 Å². The summed E-state index contributed by atoms with van der Waals surface area (Å²) in [4.78, 5) is 26.7. The molecular formula is C22H16N2O4. The fourth-order valence-electron chi connectivity index (χ4n) is 3.32. The quantitative estimate of drug-likeness (QED) is 0.557. The lowest BCUT2D eigenvalue weighted by molar-refractivity contribution is 0.0686. The molecule has 0 fully saturated rings. The van der Waals surface area contributed by atoms with Crippen LogP contribution in [0.1, 0.15) is 20.7 Å². The molecule has 0 saturated carbocycles. The Kier molecular flexibility index (Phi) is 4.16. The minimum atomic E-state index is -0.963. The largest absolute Gasteiger partial charge is 0.478 e. The predicted molar refractivity (Wildman–Crippen MR) is 106 cm³/mol. The lowest BCUT2D eigenvalue weighted by Gasteiger charge is -2.10. The molecule has 28 heavy (non-hydrogen) atoms. The second-order valence-corrected chi connectivity index (χ2v) is 6.48. The number of aryl methyl sites for hydroxylation is 1. The van der Waals surface area contributed by atoms with Crippen molar-refractivity contribution in [2.75, 3.05) is 0 Å². The van der Waals surface area contributed by atoms with E-state index in [4.69, 9.17) is 10.2 Å². The van der Waals surface area contributed by atoms with Gasteiger partial charge in [0.1, 0.15) is 0 Å². The molecule has 0 amide bonds. The monoisotopic (exact) mass is 372 g/mol. The van der Waals surface area contributed by atoms with Crippen LogP contribution in [0, 0.1) is 0 Å². The summed E-state index contributed by atoms with van der Waals surface area (Å²) in [7, 11) is 1.90. The minimum Gasteiger partial charge on any atom is -0.478 e. The number of carbonyl (C=O) groups is 2. The zero-order chi connectivity index (χ0) is 19.8. The number of aromatic carboxylic acids is 2. The number of imidazole rings is 1. The van der Waals surface area contributed by atoms with Crippen molar-refractivity contribution in [2.45, 2.75) is 0 Å². The summed E-state index contributed by atoms with van der Waals surface area (Å²) in [5, 5.41) is 18.2. The highest BCUT2D eigenvalue weighted by atomic mass is 16.4. The van der Waals surface area contributed by atoms with Gasteiger partial charge in [0.15, 0.2) is 0 Å². The molecule has 4 rings (SSSR count). The lowest BCUT2D eigenvalue weighted by atomic mass is 9.96. The zero-order valence-corrected chi connectivity index (χ0v) is 15.0. The van der Waals surface area contributed by atoms with Gasteiger partial charge < -0.3 is 14.8 Å². The van der Waals surface area contributed by atoms with Crippen molar-refractivity contribution in [1.82, 2.24) is 9.55 Å². The van der Waals surface area contributed by atoms with Gasteiger partial charge in [0.25, 0.3) is 0 Å². The second-order valence-electron chi connectivity index (χ2n) is 6.48. The molecule has 0 bridgehead atoms. The number of carboxylic acids is 2. The predicted octanol–water partition coefficient (Wildman–Crippen LogP) is 4.30. The van der Waals surface area contributed by atoms with Crippen LogP contribution in [0.15, 0.2) is 67.0 Å². The molecule has 0 aliphatic heterocycles. The summed E-state index contributed by atoms with van der Waals surface area (Å²) in [6.45, 7) is 0. The topological polar surface area (TPSA) is 92.4 Å². The van der Waals surface area contributed by atoms with E-state index in [0.717, 1.165) is 33.3 Å². The van der Waals surface area contributed by atoms with E-state index in [1.807, 2.05) is 23.7 Å². The van der Waals surface area contributed by atoms with Gasteiger partial charge in [-0.05, 0) is 35.4 Å². The Morgan fingerprint density at radius 2 is 1.21 bits per heavy atom. The number of aromatic nitrogens is 2. The fourth-order valence-corrected chi connectivity index (χ4v) is 3.32. The molecule has 1 aromatic heterocycles. The van der Waals surface area contributed by atoms with E-state index in [1.54, 1.807) is 54.9 Å². The van der Waals surface area contributed by atoms with Gasteiger partial charge in [0.05, 0.1) is 28.5 Å². The molecule has 6 nitrogen and oxygen atoms in total. The first-order valence-electron chi connectivity index (χ1n) is 8.57. The molecule has 0 saturated heterocycles. The first-order valence-corrected chi connectivity index (χ1v) is 8.57. The maximum absolute atomic E-state index is 11.1. The fraction of sp³-hybridized carbons (Fsp3) is 0.0455. The third-order valence-electron chi connectivity index (χ3n) is 4.75. The van der Waals surface area contributed by atoms with Gasteiger partial charge in [-0.2, -0.15) is 0 Å². The number of hydrogen-bond donors (Lipinski definition) is 2. The van der Waals surface area contributed by atoms with Crippen LogP contribution in [0.4, 0.5) is 0 Å². The Morgan fingerprint density at radius 3 is 1.71 bits per heavy atom. The van der Waals surface area contributed by atoms with Gasteiger partial charge in [-0.1, -0.05) is 36.4 Å². The molecule has 6 heteroatoms. The van der Waals surface area contributed by atoms with Crippen LogP contribution in [0.25, 0.3) is 33.3 Å². The number of benzene rings is 3. The van der Waals surface area contributed by atoms with Crippen molar-refractivity contribution in [3.63, 3.8) is 0 Å². The normalized spacial score (nSPS) is 10.9. The van der Waals surface area contributed by atoms with Crippen molar-refractivity contribution < 1.29 is 19.8 Å². The smallest absolute Gasteiger partial charge is 0.335 e. The molecule has 0 radical (unpaired) electrons. The summed E-state index contributed by atoms with van der Waals surface area (Å²) in [6, 6.07) is 17.3. The molecule has 3 aromatic carbocycles. The van der Waals surface area contributed by atoms with Crippen LogP contribution in [0.2, 0.25) is 0 Å². The van der Waals surface area contributed by atoms with Crippen molar-refractivity contribution in [3.05, 3.63) is 78.1 Å². The van der Waals surface area contributed by atoms with E-state index >= 15 is 0 Å². The van der Waals surface area contributed by atoms with Gasteiger partial charge in [-0.15, -0.1) is 0 Å². The van der Waals surface area contributed by atoms with Crippen LogP contribution in [0.5, 0.6) is 0 Å². The molecule has 2 N–H and O–H groups in total. The molecular weight excluding hydrogens is 356 g/mol. The molecule has 0 atom stereocenters. The van der Waals surface area contributed by atoms with Crippen molar-refractivity contribution in [3.8, 4) is 22.3 Å². The number of hydrogen-bond acceptors (Lipinski definition) is 3. The third kappa shape index (κ3) is 2.91. The van der Waals surface area contributed by atoms with Gasteiger partial charge in [0, 0.05) is 18.2 Å². The van der Waals surface area contributed by atoms with Crippen LogP contribution >= 0.6 is 0 Å². The van der Waals surface area contributed by atoms with Gasteiger partial charge >= 0.3 is 11.9 Å². The number of carboxylic acid groups (broad SMARTS) is 2. The van der Waals surface area contributed by atoms with Crippen molar-refractivity contribution in [2.24, 2.45) is 7.05 Å². The van der Waals surface area contributed by atoms with E-state index in [-0.39, 0.29) is 11.1 Å². The molecule has 1 heterocycles. The summed E-state index contributed by atoms with van der Waals surface area (Å²) < 4.78 is 1.92. The summed E-state index contributed by atoms with van der Waals surface area (Å²) in [5.74, 6) is -1.92. The highest BCUT2D eigenvalue weighted by Crippen LogP contribution is 2.35. The van der Waals surface area contributed by atoms with Crippen molar-refractivity contribution in [1.29, 1.82) is 0 Å². The average molecular weight is 372 g/mol. The van der Waals surface area contributed by atoms with E-state index < -0.39 is 11.9 Å². The van der Waals surface area contributed by atoms with E-state index in [1.165, 1.54) is 0 Å². The van der Waals surface area contributed by atoms with Gasteiger partial charge in [-0.25, -0.2) is 14.6 Å². The molecule has 0 aliphatic rings. The second kappa shape index (κ2) is 6.66. The maximum atomic E-state index is 11.1. The molecule has 0 unspecified atom stereocenters. The molecule has 0 aliphatic carbocycles. The lowest BCUT2D eigenvalue weighted by Crippen LogP contribution is -1.96. The first kappa shape index (κ1) is 17.5. The number of nitrogens with zero attached hydrogens (tertiary/aromatic N) is 2. The molecule has 4 aromatic rings. The van der Waals surface area contributed by atoms with E-state index in [9.17, 15) is 9.59 Å². The Hall–Kier alpha value is -3.93. The van der Waals surface area contributed by atoms with Crippen LogP contribution in [-0.2, 0) is 7.05 Å². The Balaban J connectivity index is 1.85.